The number of nitrogens with one attached hydrogen (secondary N) is 1. The summed E-state index contributed by atoms with van der Waals surface area (Å²) < 4.78 is 6.34. The van der Waals surface area contributed by atoms with Gasteiger partial charge in [-0.3, -0.25) is 0 Å². The molecule has 0 amide bonds. The van der Waals surface area contributed by atoms with E-state index in [-0.39, 0.29) is 11.2 Å². The molecule has 1 aliphatic carbocycles. The van der Waals surface area contributed by atoms with Gasteiger partial charge in [-0.25, -0.2) is 0 Å². The summed E-state index contributed by atoms with van der Waals surface area (Å²) in [4.78, 5) is 0. The molecule has 1 aliphatic heterocycles. The molecule has 2 fully saturated rings. The molecule has 0 aromatic rings. The maximum atomic E-state index is 6.34. The molecule has 2 atom stereocenters. The molecule has 1 saturated carbocycles. The fourth-order valence-electron chi connectivity index (χ4n) is 4.71. The van der Waals surface area contributed by atoms with Crippen molar-refractivity contribution in [3.05, 3.63) is 0 Å². The topological polar surface area (TPSA) is 21.3 Å². The van der Waals surface area contributed by atoms with Crippen LogP contribution in [0.1, 0.15) is 73.6 Å². The van der Waals surface area contributed by atoms with Gasteiger partial charge in [0.1, 0.15) is 0 Å². The maximum Gasteiger partial charge on any atom is 0.0677 e. The highest BCUT2D eigenvalue weighted by Crippen LogP contribution is 2.51. The second kappa shape index (κ2) is 5.04. The lowest BCUT2D eigenvalue weighted by atomic mass is 9.68. The first-order chi connectivity index (χ1) is 8.70. The van der Waals surface area contributed by atoms with Crippen molar-refractivity contribution in [2.45, 2.75) is 90.9 Å². The Kier molecular flexibility index (Phi) is 4.06. The molecule has 0 aromatic carbocycles. The fourth-order valence-corrected chi connectivity index (χ4v) is 4.71. The third-order valence-corrected chi connectivity index (χ3v) is 5.47. The van der Waals surface area contributed by atoms with Crippen molar-refractivity contribution in [2.24, 2.45) is 11.3 Å². The molecule has 2 nitrogen and oxygen atoms in total. The van der Waals surface area contributed by atoms with Crippen molar-refractivity contribution in [3.63, 3.8) is 0 Å². The third kappa shape index (κ3) is 3.00. The number of hydrogen-bond acceptors (Lipinski definition) is 2. The van der Waals surface area contributed by atoms with E-state index in [1.165, 1.54) is 32.1 Å². The molecule has 112 valence electrons. The lowest BCUT2D eigenvalue weighted by molar-refractivity contribution is -0.0824. The van der Waals surface area contributed by atoms with Crippen LogP contribution < -0.4 is 5.32 Å². The van der Waals surface area contributed by atoms with Crippen LogP contribution in [0.5, 0.6) is 0 Å². The molecule has 19 heavy (non-hydrogen) atoms. The molecule has 2 aliphatic rings. The highest BCUT2D eigenvalue weighted by molar-refractivity contribution is 5.05. The summed E-state index contributed by atoms with van der Waals surface area (Å²) in [5.41, 5.74) is 0.473. The monoisotopic (exact) mass is 267 g/mol. The van der Waals surface area contributed by atoms with E-state index < -0.39 is 0 Å². The Hall–Kier alpha value is -0.0800. The lowest BCUT2D eigenvalue weighted by Crippen LogP contribution is -2.52. The predicted octanol–water partition coefficient (Wildman–Crippen LogP) is 4.14. The first-order valence-corrected chi connectivity index (χ1v) is 8.14. The quantitative estimate of drug-likeness (QED) is 0.826. The van der Waals surface area contributed by atoms with Crippen LogP contribution in [0.2, 0.25) is 0 Å². The summed E-state index contributed by atoms with van der Waals surface area (Å²) in [6.07, 6.45) is 6.72. The molecular weight excluding hydrogens is 234 g/mol. The summed E-state index contributed by atoms with van der Waals surface area (Å²) in [5, 5.41) is 3.82. The lowest BCUT2D eigenvalue weighted by Gasteiger charge is -2.43. The van der Waals surface area contributed by atoms with E-state index >= 15 is 0 Å². The molecular formula is C17H33NO. The second-order valence-electron chi connectivity index (χ2n) is 8.17. The van der Waals surface area contributed by atoms with Crippen LogP contribution in [0.15, 0.2) is 0 Å². The van der Waals surface area contributed by atoms with Crippen LogP contribution >= 0.6 is 0 Å². The second-order valence-corrected chi connectivity index (χ2v) is 8.17. The molecule has 0 bridgehead atoms. The van der Waals surface area contributed by atoms with Crippen LogP contribution in [0.3, 0.4) is 0 Å². The van der Waals surface area contributed by atoms with Crippen LogP contribution in [-0.2, 0) is 4.74 Å². The number of hydrogen-bond donors (Lipinski definition) is 1. The van der Waals surface area contributed by atoms with Gasteiger partial charge in [0, 0.05) is 12.0 Å². The SMILES string of the molecule is CCNC(C1CC(C)(C)OC1(C)C)C1(C)CCCC1. The summed E-state index contributed by atoms with van der Waals surface area (Å²) in [7, 11) is 0. The minimum atomic E-state index is -0.0120. The average Bonchev–Trinajstić information content (AvgIpc) is 2.77. The van der Waals surface area contributed by atoms with E-state index in [9.17, 15) is 0 Å². The van der Waals surface area contributed by atoms with Crippen molar-refractivity contribution in [1.29, 1.82) is 0 Å². The molecule has 1 heterocycles. The molecule has 0 aromatic heterocycles. The van der Waals surface area contributed by atoms with Gasteiger partial charge in [0.15, 0.2) is 0 Å². The van der Waals surface area contributed by atoms with Gasteiger partial charge in [-0.1, -0.05) is 26.7 Å². The Balaban J connectivity index is 2.24. The minimum Gasteiger partial charge on any atom is -0.369 e. The van der Waals surface area contributed by atoms with E-state index in [0.29, 0.717) is 17.4 Å². The minimum absolute atomic E-state index is 0.0120. The highest BCUT2D eigenvalue weighted by atomic mass is 16.5. The predicted molar refractivity (Wildman–Crippen MR) is 81.4 cm³/mol. The van der Waals surface area contributed by atoms with Gasteiger partial charge in [-0.15, -0.1) is 0 Å². The van der Waals surface area contributed by atoms with Gasteiger partial charge in [-0.2, -0.15) is 0 Å². The van der Waals surface area contributed by atoms with Gasteiger partial charge in [0.25, 0.3) is 0 Å². The summed E-state index contributed by atoms with van der Waals surface area (Å²) in [6.45, 7) is 14.9. The average molecular weight is 267 g/mol. The van der Waals surface area contributed by atoms with Crippen molar-refractivity contribution in [1.82, 2.24) is 5.32 Å². The van der Waals surface area contributed by atoms with Crippen LogP contribution in [0, 0.1) is 11.3 Å². The standard InChI is InChI=1S/C17H33NO/c1-7-18-14(17(6)10-8-9-11-17)13-12-15(2,3)19-16(13,4)5/h13-14,18H,7-12H2,1-6H3. The summed E-state index contributed by atoms with van der Waals surface area (Å²) in [6, 6.07) is 0.594. The maximum absolute atomic E-state index is 6.34. The Morgan fingerprint density at radius 2 is 1.68 bits per heavy atom. The Bertz CT molecular complexity index is 315. The van der Waals surface area contributed by atoms with Crippen LogP contribution in [0.25, 0.3) is 0 Å². The number of rotatable bonds is 4. The molecule has 2 heteroatoms. The molecule has 0 radical (unpaired) electrons. The first-order valence-electron chi connectivity index (χ1n) is 8.14. The van der Waals surface area contributed by atoms with Gasteiger partial charge >= 0.3 is 0 Å². The van der Waals surface area contributed by atoms with Gasteiger partial charge < -0.3 is 10.1 Å². The van der Waals surface area contributed by atoms with E-state index in [1.807, 2.05) is 0 Å². The molecule has 2 unspecified atom stereocenters. The first kappa shape index (κ1) is 15.3. The van der Waals surface area contributed by atoms with Crippen molar-refractivity contribution >= 4 is 0 Å². The highest BCUT2D eigenvalue weighted by Gasteiger charge is 2.53. The van der Waals surface area contributed by atoms with Gasteiger partial charge in [0.05, 0.1) is 11.2 Å². The van der Waals surface area contributed by atoms with Crippen LogP contribution in [0.4, 0.5) is 0 Å². The molecule has 1 N–H and O–H groups in total. The van der Waals surface area contributed by atoms with E-state index in [1.54, 1.807) is 0 Å². The molecule has 2 rings (SSSR count). The number of ether oxygens (including phenoxy) is 1. The molecule has 1 saturated heterocycles. The summed E-state index contributed by atoms with van der Waals surface area (Å²) in [5.74, 6) is 0.616. The van der Waals surface area contributed by atoms with Crippen LogP contribution in [-0.4, -0.2) is 23.8 Å². The fraction of sp³-hybridized carbons (Fsp3) is 1.00. The van der Waals surface area contributed by atoms with E-state index in [4.69, 9.17) is 4.74 Å². The van der Waals surface area contributed by atoms with Crippen molar-refractivity contribution in [3.8, 4) is 0 Å². The third-order valence-electron chi connectivity index (χ3n) is 5.47. The summed E-state index contributed by atoms with van der Waals surface area (Å²) >= 11 is 0. The normalized spacial score (nSPS) is 33.5. The zero-order chi connectivity index (χ0) is 14.3. The largest absolute Gasteiger partial charge is 0.369 e. The van der Waals surface area contributed by atoms with Crippen molar-refractivity contribution < 1.29 is 4.74 Å². The van der Waals surface area contributed by atoms with Crippen molar-refractivity contribution in [2.75, 3.05) is 6.54 Å². The Labute approximate surface area is 119 Å². The smallest absolute Gasteiger partial charge is 0.0677 e. The Morgan fingerprint density at radius 3 is 2.11 bits per heavy atom. The Morgan fingerprint density at radius 1 is 1.11 bits per heavy atom. The zero-order valence-corrected chi connectivity index (χ0v) is 13.8. The van der Waals surface area contributed by atoms with Gasteiger partial charge in [0.2, 0.25) is 0 Å². The zero-order valence-electron chi connectivity index (χ0n) is 13.8. The van der Waals surface area contributed by atoms with E-state index in [2.05, 4.69) is 46.9 Å². The van der Waals surface area contributed by atoms with E-state index in [0.717, 1.165) is 6.54 Å². The van der Waals surface area contributed by atoms with Gasteiger partial charge in [-0.05, 0) is 58.9 Å². The molecule has 0 spiro atoms.